The normalized spacial score (nSPS) is 14.0. The van der Waals surface area contributed by atoms with Gasteiger partial charge in [-0.05, 0) is 24.6 Å². The highest BCUT2D eigenvalue weighted by Crippen LogP contribution is 2.34. The molecule has 28 heavy (non-hydrogen) atoms. The molecule has 1 aromatic rings. The minimum absolute atomic E-state index is 0.0544. The summed E-state index contributed by atoms with van der Waals surface area (Å²) in [7, 11) is -2.12. The summed E-state index contributed by atoms with van der Waals surface area (Å²) in [6, 6.07) is 4.35. The zero-order valence-electron chi connectivity index (χ0n) is 16.4. The number of carbonyl (C=O) groups is 2. The van der Waals surface area contributed by atoms with Crippen LogP contribution < -0.4 is 15.0 Å². The smallest absolute Gasteiger partial charge is 0.265 e. The molecule has 0 aliphatic carbocycles. The molecule has 0 fully saturated rings. The van der Waals surface area contributed by atoms with Gasteiger partial charge in [-0.3, -0.25) is 14.5 Å². The number of nitrogens with one attached hydrogen (secondary N) is 1. The minimum Gasteiger partial charge on any atom is -0.482 e. The summed E-state index contributed by atoms with van der Waals surface area (Å²) in [5, 5.41) is 2.72. The van der Waals surface area contributed by atoms with E-state index in [1.54, 1.807) is 21.0 Å². The number of ether oxygens (including phenoxy) is 2. The molecule has 2 amide bonds. The van der Waals surface area contributed by atoms with Gasteiger partial charge in [0.15, 0.2) is 6.61 Å². The van der Waals surface area contributed by atoms with Crippen LogP contribution in [0.25, 0.3) is 0 Å². The van der Waals surface area contributed by atoms with E-state index in [-0.39, 0.29) is 29.6 Å². The zero-order valence-corrected chi connectivity index (χ0v) is 17.3. The van der Waals surface area contributed by atoms with Gasteiger partial charge in [0.1, 0.15) is 12.3 Å². The van der Waals surface area contributed by atoms with E-state index in [4.69, 9.17) is 9.47 Å². The Morgan fingerprint density at radius 3 is 2.68 bits per heavy atom. The summed E-state index contributed by atoms with van der Waals surface area (Å²) >= 11 is 0. The number of hydrogen-bond acceptors (Lipinski definition) is 6. The van der Waals surface area contributed by atoms with E-state index >= 15 is 0 Å². The molecular formula is C18H27N3O6S. The highest BCUT2D eigenvalue weighted by molar-refractivity contribution is 7.89. The molecule has 0 saturated carbocycles. The summed E-state index contributed by atoms with van der Waals surface area (Å²) in [6.45, 7) is 4.71. The molecule has 0 spiro atoms. The lowest BCUT2D eigenvalue weighted by Gasteiger charge is -2.29. The fourth-order valence-electron chi connectivity index (χ4n) is 2.87. The van der Waals surface area contributed by atoms with Gasteiger partial charge >= 0.3 is 0 Å². The second kappa shape index (κ2) is 9.85. The average molecular weight is 413 g/mol. The van der Waals surface area contributed by atoms with Gasteiger partial charge in [-0.1, -0.05) is 13.8 Å². The van der Waals surface area contributed by atoms with Gasteiger partial charge in [0.2, 0.25) is 15.9 Å². The Balaban J connectivity index is 2.25. The lowest BCUT2D eigenvalue weighted by atomic mass is 10.2. The van der Waals surface area contributed by atoms with Crippen molar-refractivity contribution in [2.24, 2.45) is 0 Å². The first kappa shape index (κ1) is 22.1. The van der Waals surface area contributed by atoms with Crippen molar-refractivity contribution >= 4 is 27.5 Å². The number of fused-ring (bicyclic) bond motifs is 1. The van der Waals surface area contributed by atoms with Crippen molar-refractivity contribution in [3.63, 3.8) is 0 Å². The molecule has 2 rings (SSSR count). The molecule has 10 heteroatoms. The van der Waals surface area contributed by atoms with E-state index in [0.717, 1.165) is 0 Å². The number of hydrogen-bond donors (Lipinski definition) is 1. The van der Waals surface area contributed by atoms with E-state index in [0.29, 0.717) is 38.4 Å². The van der Waals surface area contributed by atoms with E-state index in [9.17, 15) is 18.0 Å². The van der Waals surface area contributed by atoms with Gasteiger partial charge in [-0.25, -0.2) is 8.42 Å². The van der Waals surface area contributed by atoms with Gasteiger partial charge < -0.3 is 14.8 Å². The van der Waals surface area contributed by atoms with Crippen LogP contribution in [-0.4, -0.2) is 71.0 Å². The maximum atomic E-state index is 12.8. The molecule has 9 nitrogen and oxygen atoms in total. The summed E-state index contributed by atoms with van der Waals surface area (Å²) in [6.07, 6.45) is 0.655. The predicted molar refractivity (Wildman–Crippen MR) is 104 cm³/mol. The van der Waals surface area contributed by atoms with Gasteiger partial charge in [-0.2, -0.15) is 4.31 Å². The van der Waals surface area contributed by atoms with Crippen molar-refractivity contribution in [3.05, 3.63) is 18.2 Å². The number of nitrogens with zero attached hydrogens (tertiary/aromatic N) is 2. The third-order valence-electron chi connectivity index (χ3n) is 4.37. The van der Waals surface area contributed by atoms with Crippen LogP contribution in [0.15, 0.2) is 23.1 Å². The number of methoxy groups -OCH3 is 1. The fraction of sp³-hybridized carbons (Fsp3) is 0.556. The molecule has 1 aliphatic rings. The number of rotatable bonds is 10. The predicted octanol–water partition coefficient (Wildman–Crippen LogP) is 0.595. The second-order valence-electron chi connectivity index (χ2n) is 6.18. The Kier molecular flexibility index (Phi) is 7.78. The molecule has 0 radical (unpaired) electrons. The third-order valence-corrected chi connectivity index (χ3v) is 6.41. The second-order valence-corrected chi connectivity index (χ2v) is 8.12. The summed E-state index contributed by atoms with van der Waals surface area (Å²) in [5.74, 6) is -0.378. The first-order valence-corrected chi connectivity index (χ1v) is 10.6. The maximum absolute atomic E-state index is 12.8. The number of carbonyl (C=O) groups excluding carboxylic acids is 2. The lowest BCUT2D eigenvalue weighted by molar-refractivity contribution is -0.125. The first-order chi connectivity index (χ1) is 13.3. The van der Waals surface area contributed by atoms with Crippen LogP contribution in [0, 0.1) is 0 Å². The summed E-state index contributed by atoms with van der Waals surface area (Å²) in [5.41, 5.74) is 0.275. The first-order valence-electron chi connectivity index (χ1n) is 9.18. The van der Waals surface area contributed by atoms with Gasteiger partial charge in [0, 0.05) is 33.4 Å². The van der Waals surface area contributed by atoms with Crippen LogP contribution in [0.1, 0.15) is 20.3 Å². The summed E-state index contributed by atoms with van der Waals surface area (Å²) in [4.78, 5) is 25.8. The molecule has 0 unspecified atom stereocenters. The van der Waals surface area contributed by atoms with E-state index < -0.39 is 15.9 Å². The highest BCUT2D eigenvalue weighted by atomic mass is 32.2. The number of anilines is 1. The maximum Gasteiger partial charge on any atom is 0.265 e. The Morgan fingerprint density at radius 1 is 1.32 bits per heavy atom. The number of benzene rings is 1. The average Bonchev–Trinajstić information content (AvgIpc) is 2.68. The molecule has 1 aliphatic heterocycles. The molecular weight excluding hydrogens is 386 g/mol. The fourth-order valence-corrected chi connectivity index (χ4v) is 4.35. The van der Waals surface area contributed by atoms with Crippen molar-refractivity contribution in [3.8, 4) is 5.75 Å². The van der Waals surface area contributed by atoms with Crippen molar-refractivity contribution in [1.82, 2.24) is 9.62 Å². The van der Waals surface area contributed by atoms with Crippen LogP contribution >= 0.6 is 0 Å². The Morgan fingerprint density at radius 2 is 2.04 bits per heavy atom. The largest absolute Gasteiger partial charge is 0.482 e. The third kappa shape index (κ3) is 5.00. The van der Waals surface area contributed by atoms with Crippen molar-refractivity contribution < 1.29 is 27.5 Å². The zero-order chi connectivity index (χ0) is 20.7. The molecule has 0 atom stereocenters. The SMILES string of the molecule is CCN(CC)S(=O)(=O)c1ccc2c(c1)N(CC(=O)NCCCOC)C(=O)CO2. The lowest BCUT2D eigenvalue weighted by Crippen LogP contribution is -2.45. The molecule has 156 valence electrons. The Labute approximate surface area is 165 Å². The van der Waals surface area contributed by atoms with Crippen molar-refractivity contribution in [2.45, 2.75) is 25.2 Å². The quantitative estimate of drug-likeness (QED) is 0.563. The van der Waals surface area contributed by atoms with Crippen LogP contribution in [-0.2, 0) is 24.3 Å². The molecule has 0 saturated heterocycles. The monoisotopic (exact) mass is 413 g/mol. The molecule has 1 N–H and O–H groups in total. The summed E-state index contributed by atoms with van der Waals surface area (Å²) < 4.78 is 37.2. The van der Waals surface area contributed by atoms with Crippen molar-refractivity contribution in [1.29, 1.82) is 0 Å². The molecule has 1 aromatic carbocycles. The molecule has 0 bridgehead atoms. The Hall–Kier alpha value is -2.17. The highest BCUT2D eigenvalue weighted by Gasteiger charge is 2.30. The van der Waals surface area contributed by atoms with Crippen molar-refractivity contribution in [2.75, 3.05) is 51.4 Å². The van der Waals surface area contributed by atoms with Crippen LogP contribution in [0.5, 0.6) is 5.75 Å². The van der Waals surface area contributed by atoms with Gasteiger partial charge in [0.05, 0.1) is 10.6 Å². The minimum atomic E-state index is -3.70. The van der Waals surface area contributed by atoms with E-state index in [2.05, 4.69) is 5.32 Å². The van der Waals surface area contributed by atoms with Gasteiger partial charge in [0.25, 0.3) is 5.91 Å². The van der Waals surface area contributed by atoms with Gasteiger partial charge in [-0.15, -0.1) is 0 Å². The topological polar surface area (TPSA) is 105 Å². The molecule has 1 heterocycles. The van der Waals surface area contributed by atoms with Crippen LogP contribution in [0.4, 0.5) is 5.69 Å². The molecule has 0 aromatic heterocycles. The van der Waals surface area contributed by atoms with Crippen LogP contribution in [0.2, 0.25) is 0 Å². The number of sulfonamides is 1. The van der Waals surface area contributed by atoms with E-state index in [1.165, 1.54) is 27.4 Å². The van der Waals surface area contributed by atoms with Crippen LogP contribution in [0.3, 0.4) is 0 Å². The van der Waals surface area contributed by atoms with E-state index in [1.807, 2.05) is 0 Å². The number of amides is 2. The standard InChI is InChI=1S/C18H27N3O6S/c1-4-20(5-2)28(24,25)14-7-8-16-15(11-14)21(18(23)13-27-16)12-17(22)19-9-6-10-26-3/h7-8,11H,4-6,9-10,12-13H2,1-3H3,(H,19,22). The Bertz CT molecular complexity index is 808.